The van der Waals surface area contributed by atoms with Crippen LogP contribution in [0.1, 0.15) is 48.8 Å². The molecule has 0 spiro atoms. The van der Waals surface area contributed by atoms with E-state index in [4.69, 9.17) is 0 Å². The van der Waals surface area contributed by atoms with Crippen LogP contribution in [0.4, 0.5) is 0 Å². The van der Waals surface area contributed by atoms with Crippen LogP contribution >= 0.6 is 0 Å². The zero-order valence-electron chi connectivity index (χ0n) is 11.2. The smallest absolute Gasteiger partial charge is 0.338 e. The van der Waals surface area contributed by atoms with Crippen molar-refractivity contribution in [2.75, 3.05) is 0 Å². The minimum atomic E-state index is -0.950. The lowest BCUT2D eigenvalue weighted by molar-refractivity contribution is 0.0698. The Hall–Kier alpha value is -1.91. The molecule has 3 rings (SSSR count). The molecule has 0 atom stereocenters. The Morgan fingerprint density at radius 2 is 2.11 bits per heavy atom. The number of aromatic nitrogens is 3. The highest BCUT2D eigenvalue weighted by molar-refractivity contribution is 5.99. The van der Waals surface area contributed by atoms with Gasteiger partial charge in [-0.05, 0) is 18.9 Å². The number of carboxylic acid groups (broad SMARTS) is 1. The van der Waals surface area contributed by atoms with Gasteiger partial charge in [0.1, 0.15) is 11.3 Å². The molecule has 2 aromatic heterocycles. The molecule has 0 amide bonds. The lowest BCUT2D eigenvalue weighted by Crippen LogP contribution is -2.21. The van der Waals surface area contributed by atoms with E-state index >= 15 is 0 Å². The molecule has 2 heterocycles. The monoisotopic (exact) mass is 259 g/mol. The molecule has 0 radical (unpaired) electrons. The van der Waals surface area contributed by atoms with Crippen molar-refractivity contribution in [2.24, 2.45) is 7.05 Å². The molecule has 0 saturated heterocycles. The molecule has 1 aliphatic rings. The lowest BCUT2D eigenvalue weighted by Gasteiger charge is -2.22. The highest BCUT2D eigenvalue weighted by Gasteiger charge is 2.35. The van der Waals surface area contributed by atoms with Crippen LogP contribution in [0.15, 0.2) is 12.3 Å². The maximum atomic E-state index is 11.3. The third kappa shape index (κ3) is 1.72. The third-order valence-electron chi connectivity index (χ3n) is 4.24. The highest BCUT2D eigenvalue weighted by Crippen LogP contribution is 2.40. The van der Waals surface area contributed by atoms with Gasteiger partial charge in [0.05, 0.1) is 5.56 Å². The summed E-state index contributed by atoms with van der Waals surface area (Å²) >= 11 is 0. The van der Waals surface area contributed by atoms with Crippen LogP contribution in [0, 0.1) is 0 Å². The third-order valence-corrected chi connectivity index (χ3v) is 4.24. The Bertz CT molecular complexity index is 654. The Labute approximate surface area is 111 Å². The zero-order valence-corrected chi connectivity index (χ0v) is 11.2. The van der Waals surface area contributed by atoms with Gasteiger partial charge in [-0.2, -0.15) is 0 Å². The average Bonchev–Trinajstić information content (AvgIpc) is 2.95. The summed E-state index contributed by atoms with van der Waals surface area (Å²) < 4.78 is 1.95. The Kier molecular flexibility index (Phi) is 2.59. The van der Waals surface area contributed by atoms with Crippen LogP contribution in [0.5, 0.6) is 0 Å². The molecule has 19 heavy (non-hydrogen) atoms. The van der Waals surface area contributed by atoms with Gasteiger partial charge in [-0.15, -0.1) is 0 Å². The molecule has 1 saturated carbocycles. The predicted octanol–water partition coefficient (Wildman–Crippen LogP) is 2.50. The van der Waals surface area contributed by atoms with E-state index in [9.17, 15) is 9.90 Å². The molecule has 100 valence electrons. The Balaban J connectivity index is 2.25. The number of carbonyl (C=O) groups is 1. The van der Waals surface area contributed by atoms with Crippen molar-refractivity contribution in [1.29, 1.82) is 0 Å². The van der Waals surface area contributed by atoms with E-state index in [0.717, 1.165) is 18.7 Å². The van der Waals surface area contributed by atoms with Crippen molar-refractivity contribution in [1.82, 2.24) is 14.5 Å². The number of hydrogen-bond acceptors (Lipinski definition) is 3. The van der Waals surface area contributed by atoms with E-state index in [1.165, 1.54) is 25.1 Å². The molecule has 0 aliphatic heterocycles. The van der Waals surface area contributed by atoms with Gasteiger partial charge in [-0.1, -0.05) is 19.8 Å². The minimum Gasteiger partial charge on any atom is -0.478 e. The van der Waals surface area contributed by atoms with Crippen LogP contribution < -0.4 is 0 Å². The molecular weight excluding hydrogens is 242 g/mol. The number of carboxylic acids is 1. The molecule has 0 unspecified atom stereocenters. The first-order chi connectivity index (χ1) is 9.03. The number of fused-ring (bicyclic) bond motifs is 1. The van der Waals surface area contributed by atoms with Crippen LogP contribution in [-0.4, -0.2) is 25.6 Å². The van der Waals surface area contributed by atoms with Crippen LogP contribution in [0.2, 0.25) is 0 Å². The van der Waals surface area contributed by atoms with Gasteiger partial charge in [0, 0.05) is 18.7 Å². The molecular formula is C14H17N3O2. The summed E-state index contributed by atoms with van der Waals surface area (Å²) in [5.41, 5.74) is 1.43. The molecule has 1 N–H and O–H groups in total. The number of rotatable bonds is 2. The van der Waals surface area contributed by atoms with E-state index < -0.39 is 5.97 Å². The first-order valence-corrected chi connectivity index (χ1v) is 6.58. The normalized spacial score (nSPS) is 18.0. The van der Waals surface area contributed by atoms with Crippen molar-refractivity contribution in [3.05, 3.63) is 23.7 Å². The Morgan fingerprint density at radius 1 is 1.42 bits per heavy atom. The molecule has 1 aliphatic carbocycles. The standard InChI is InChI=1S/C14H17N3O2/c1-14(6-3-4-7-14)13-16-10-9(12(18)19)5-8-15-11(10)17(13)2/h5,8H,3-4,6-7H2,1-2H3,(H,18,19). The summed E-state index contributed by atoms with van der Waals surface area (Å²) in [4.78, 5) is 20.2. The number of aromatic carboxylic acids is 1. The molecule has 1 fully saturated rings. The fourth-order valence-electron chi connectivity index (χ4n) is 3.17. The summed E-state index contributed by atoms with van der Waals surface area (Å²) in [6.45, 7) is 2.21. The van der Waals surface area contributed by atoms with Crippen LogP contribution in [0.3, 0.4) is 0 Å². The molecule has 5 heteroatoms. The van der Waals surface area contributed by atoms with Crippen molar-refractivity contribution in [3.63, 3.8) is 0 Å². The van der Waals surface area contributed by atoms with Crippen molar-refractivity contribution in [2.45, 2.75) is 38.0 Å². The van der Waals surface area contributed by atoms with Gasteiger partial charge < -0.3 is 9.67 Å². The van der Waals surface area contributed by atoms with E-state index in [-0.39, 0.29) is 11.0 Å². The molecule has 2 aromatic rings. The Morgan fingerprint density at radius 3 is 2.74 bits per heavy atom. The summed E-state index contributed by atoms with van der Waals surface area (Å²) in [5, 5.41) is 9.24. The highest BCUT2D eigenvalue weighted by atomic mass is 16.4. The fourth-order valence-corrected chi connectivity index (χ4v) is 3.17. The molecule has 0 bridgehead atoms. The van der Waals surface area contributed by atoms with Gasteiger partial charge in [0.2, 0.25) is 0 Å². The second kappa shape index (κ2) is 4.05. The predicted molar refractivity (Wildman–Crippen MR) is 71.3 cm³/mol. The largest absolute Gasteiger partial charge is 0.478 e. The fraction of sp³-hybridized carbons (Fsp3) is 0.500. The first-order valence-electron chi connectivity index (χ1n) is 6.58. The molecule has 5 nitrogen and oxygen atoms in total. The average molecular weight is 259 g/mol. The number of aryl methyl sites for hydroxylation is 1. The van der Waals surface area contributed by atoms with E-state index in [0.29, 0.717) is 11.2 Å². The van der Waals surface area contributed by atoms with E-state index in [1.54, 1.807) is 0 Å². The summed E-state index contributed by atoms with van der Waals surface area (Å²) in [6.07, 6.45) is 6.16. The van der Waals surface area contributed by atoms with E-state index in [2.05, 4.69) is 16.9 Å². The van der Waals surface area contributed by atoms with Crippen molar-refractivity contribution >= 4 is 17.1 Å². The lowest BCUT2D eigenvalue weighted by atomic mass is 9.88. The zero-order chi connectivity index (χ0) is 13.6. The van der Waals surface area contributed by atoms with Gasteiger partial charge in [-0.3, -0.25) is 0 Å². The second-order valence-corrected chi connectivity index (χ2v) is 5.60. The molecule has 0 aromatic carbocycles. The van der Waals surface area contributed by atoms with Crippen LogP contribution in [0.25, 0.3) is 11.2 Å². The summed E-state index contributed by atoms with van der Waals surface area (Å²) in [6, 6.07) is 1.51. The van der Waals surface area contributed by atoms with E-state index in [1.807, 2.05) is 11.6 Å². The number of hydrogen-bond donors (Lipinski definition) is 1. The maximum absolute atomic E-state index is 11.3. The SMILES string of the molecule is Cn1c(C2(C)CCCC2)nc2c(C(=O)O)ccnc21. The topological polar surface area (TPSA) is 68.0 Å². The second-order valence-electron chi connectivity index (χ2n) is 5.60. The number of nitrogens with zero attached hydrogens (tertiary/aromatic N) is 3. The quantitative estimate of drug-likeness (QED) is 0.899. The van der Waals surface area contributed by atoms with Crippen LogP contribution in [-0.2, 0) is 12.5 Å². The summed E-state index contributed by atoms with van der Waals surface area (Å²) in [7, 11) is 1.92. The maximum Gasteiger partial charge on any atom is 0.338 e. The summed E-state index contributed by atoms with van der Waals surface area (Å²) in [5.74, 6) is 0.00910. The van der Waals surface area contributed by atoms with Gasteiger partial charge >= 0.3 is 5.97 Å². The van der Waals surface area contributed by atoms with Crippen molar-refractivity contribution in [3.8, 4) is 0 Å². The first kappa shape index (κ1) is 12.1. The van der Waals surface area contributed by atoms with Gasteiger partial charge in [-0.25, -0.2) is 14.8 Å². The number of imidazole rings is 1. The van der Waals surface area contributed by atoms with Crippen molar-refractivity contribution < 1.29 is 9.90 Å². The van der Waals surface area contributed by atoms with Gasteiger partial charge in [0.15, 0.2) is 5.65 Å². The minimum absolute atomic E-state index is 0.0468. The van der Waals surface area contributed by atoms with Gasteiger partial charge in [0.25, 0.3) is 0 Å². The number of pyridine rings is 1.